The van der Waals surface area contributed by atoms with E-state index in [4.69, 9.17) is 30.6 Å². The van der Waals surface area contributed by atoms with Gasteiger partial charge in [0.2, 0.25) is 5.91 Å². The summed E-state index contributed by atoms with van der Waals surface area (Å²) in [6.45, 7) is 0. The first-order valence-electron chi connectivity index (χ1n) is 9.07. The average molecular weight is 626 g/mol. The molecular weight excluding hydrogens is 603 g/mol. The number of anilines is 1. The predicted molar refractivity (Wildman–Crippen MR) is 120 cm³/mol. The third kappa shape index (κ3) is 20.3. The van der Waals surface area contributed by atoms with E-state index in [1.807, 2.05) is 0 Å². The van der Waals surface area contributed by atoms with Crippen molar-refractivity contribution in [3.8, 4) is 11.5 Å². The molecule has 0 radical (unpaired) electrons. The minimum atomic E-state index is -5.75. The van der Waals surface area contributed by atoms with Gasteiger partial charge in [-0.05, 0) is 35.9 Å². The van der Waals surface area contributed by atoms with Crippen molar-refractivity contribution in [2.24, 2.45) is 0 Å². The van der Waals surface area contributed by atoms with Gasteiger partial charge in [0.15, 0.2) is 11.5 Å². The summed E-state index contributed by atoms with van der Waals surface area (Å²) in [4.78, 5) is 23.1. The zero-order valence-electron chi connectivity index (χ0n) is 21.0. The number of carboxylic acids is 1. The topological polar surface area (TPSA) is 208 Å². The number of hydrogen-bond donors (Lipinski definition) is 2. The number of para-hydroxylation sites is 1. The van der Waals surface area contributed by atoms with E-state index in [0.717, 1.165) is 18.9 Å². The van der Waals surface area contributed by atoms with Crippen molar-refractivity contribution in [2.75, 3.05) is 32.9 Å². The predicted octanol–water partition coefficient (Wildman–Crippen LogP) is -6.34. The molecule has 0 unspecified atom stereocenters. The zero-order valence-corrected chi connectivity index (χ0v) is 27.5. The SMILES string of the molecule is COS(C)(=O)=O.COc1ccc(/C=C/C(=O)Nc2ccccc2C(=O)O)cc1OC.O=[Se](=O)([O-])[O-].[Na+].[Na+]. The summed E-state index contributed by atoms with van der Waals surface area (Å²) in [7, 11) is 1.03. The molecule has 0 bridgehead atoms. The number of ether oxygens (including phenoxy) is 2. The van der Waals surface area contributed by atoms with E-state index in [0.29, 0.717) is 11.5 Å². The van der Waals surface area contributed by atoms with E-state index in [1.54, 1.807) is 43.5 Å². The summed E-state index contributed by atoms with van der Waals surface area (Å²) < 4.78 is 68.2. The molecule has 0 aliphatic rings. The standard InChI is InChI=1S/C18H17NO5.C2H6O3S.2Na.H2O4Se/c1-23-15-9-7-12(11-16(15)24-2)8-10-17(20)19-14-6-4-3-5-13(14)18(21)22;1-5-6(2,3)4;;;1-5(2,3)4/h3-11H,1-2H3,(H,19,20)(H,21,22);1-2H3;;;(H2,1,2,3,4)/q;;2*+1;/p-2/b10-8+;;;;. The zero-order chi connectivity index (χ0) is 27.2. The summed E-state index contributed by atoms with van der Waals surface area (Å²) in [5.41, 5.74) is 1.02. The molecule has 2 N–H and O–H groups in total. The fourth-order valence-electron chi connectivity index (χ4n) is 2.08. The molecule has 0 spiro atoms. The van der Waals surface area contributed by atoms with Crippen LogP contribution in [0.1, 0.15) is 15.9 Å². The number of nitrogens with one attached hydrogen (secondary N) is 1. The van der Waals surface area contributed by atoms with Gasteiger partial charge in [0.05, 0.1) is 38.8 Å². The molecule has 2 aromatic rings. The van der Waals surface area contributed by atoms with E-state index in [9.17, 15) is 18.0 Å². The van der Waals surface area contributed by atoms with E-state index < -0.39 is 35.4 Å². The first kappa shape index (κ1) is 40.2. The van der Waals surface area contributed by atoms with E-state index >= 15 is 0 Å². The second kappa shape index (κ2) is 19.7. The third-order valence-electron chi connectivity index (χ3n) is 3.55. The summed E-state index contributed by atoms with van der Waals surface area (Å²) in [5.74, 6) is -0.390. The number of amides is 1. The van der Waals surface area contributed by atoms with Gasteiger partial charge < -0.3 is 19.9 Å². The number of carboxylic acid groups (broad SMARTS) is 1. The molecule has 0 aliphatic carbocycles. The molecule has 2 aromatic carbocycles. The van der Waals surface area contributed by atoms with Crippen molar-refractivity contribution >= 4 is 47.1 Å². The van der Waals surface area contributed by atoms with Gasteiger partial charge in [0, 0.05) is 6.08 Å². The Morgan fingerprint density at radius 2 is 1.46 bits per heavy atom. The van der Waals surface area contributed by atoms with Gasteiger partial charge in [0.1, 0.15) is 0 Å². The Labute approximate surface area is 260 Å². The molecule has 0 heterocycles. The van der Waals surface area contributed by atoms with Gasteiger partial charge >= 0.3 is 94.5 Å². The molecular formula is C20H23NNa2O12SSe. The number of benzene rings is 2. The van der Waals surface area contributed by atoms with Crippen LogP contribution in [-0.2, 0) is 26.8 Å². The number of hydrogen-bond acceptors (Lipinski definition) is 11. The van der Waals surface area contributed by atoms with Crippen LogP contribution in [0.4, 0.5) is 5.69 Å². The number of carbonyl (C=O) groups excluding carboxylic acids is 1. The first-order chi connectivity index (χ1) is 16.1. The third-order valence-corrected chi connectivity index (χ3v) is 4.16. The minimum absolute atomic E-state index is 0. The molecule has 2 rings (SSSR count). The fourth-order valence-corrected chi connectivity index (χ4v) is 2.08. The normalized spacial score (nSPS) is 10.2. The van der Waals surface area contributed by atoms with Gasteiger partial charge in [-0.25, -0.2) is 4.79 Å². The molecule has 0 aromatic heterocycles. The Bertz CT molecular complexity index is 1240. The van der Waals surface area contributed by atoms with Crippen LogP contribution in [0.25, 0.3) is 6.08 Å². The summed E-state index contributed by atoms with van der Waals surface area (Å²) >= 11 is -5.75. The molecule has 0 atom stereocenters. The molecule has 37 heavy (non-hydrogen) atoms. The van der Waals surface area contributed by atoms with Crippen LogP contribution in [-0.4, -0.2) is 66.4 Å². The monoisotopic (exact) mass is 627 g/mol. The van der Waals surface area contributed by atoms with E-state index in [1.165, 1.54) is 25.3 Å². The molecule has 0 aliphatic heterocycles. The summed E-state index contributed by atoms with van der Waals surface area (Å²) in [6.07, 6.45) is 3.91. The van der Waals surface area contributed by atoms with Gasteiger partial charge in [-0.3, -0.25) is 8.98 Å². The maximum Gasteiger partial charge on any atom is 1.00 e. The number of methoxy groups -OCH3 is 2. The van der Waals surface area contributed by atoms with Crippen LogP contribution in [0.5, 0.6) is 11.5 Å². The summed E-state index contributed by atoms with van der Waals surface area (Å²) in [5, 5.41) is 11.6. The Hall–Kier alpha value is -1.33. The second-order valence-electron chi connectivity index (χ2n) is 6.07. The average Bonchev–Trinajstić information content (AvgIpc) is 2.76. The van der Waals surface area contributed by atoms with E-state index in [2.05, 4.69) is 9.50 Å². The quantitative estimate of drug-likeness (QED) is 0.167. The Balaban J connectivity index is -0.000000751. The molecule has 0 saturated heterocycles. The van der Waals surface area contributed by atoms with Crippen molar-refractivity contribution in [1.82, 2.24) is 0 Å². The molecule has 0 saturated carbocycles. The first-order valence-corrected chi connectivity index (χ1v) is 13.7. The maximum atomic E-state index is 12.0. The van der Waals surface area contributed by atoms with Gasteiger partial charge in [-0.1, -0.05) is 18.2 Å². The Morgan fingerprint density at radius 3 is 1.89 bits per heavy atom. The molecule has 1 amide bonds. The largest absolute Gasteiger partial charge is 1.00 e. The van der Waals surface area contributed by atoms with Crippen LogP contribution in [0.2, 0.25) is 0 Å². The van der Waals surface area contributed by atoms with Crippen LogP contribution >= 0.6 is 0 Å². The smallest absolute Gasteiger partial charge is 1.00 e. The van der Waals surface area contributed by atoms with Crippen LogP contribution in [0.15, 0.2) is 48.5 Å². The molecule has 13 nitrogen and oxygen atoms in total. The number of rotatable bonds is 7. The van der Waals surface area contributed by atoms with Crippen LogP contribution in [0, 0.1) is 0 Å². The van der Waals surface area contributed by atoms with Crippen molar-refractivity contribution in [2.45, 2.75) is 0 Å². The minimum Gasteiger partial charge on any atom is 1.00 e. The molecule has 17 heteroatoms. The van der Waals surface area contributed by atoms with Crippen molar-refractivity contribution in [3.63, 3.8) is 0 Å². The fraction of sp³-hybridized carbons (Fsp3) is 0.200. The maximum absolute atomic E-state index is 12.0. The summed E-state index contributed by atoms with van der Waals surface area (Å²) in [6, 6.07) is 11.4. The van der Waals surface area contributed by atoms with Crippen LogP contribution < -0.4 is 82.3 Å². The van der Waals surface area contributed by atoms with Crippen molar-refractivity contribution < 1.29 is 112 Å². The number of aromatic carboxylic acids is 1. The van der Waals surface area contributed by atoms with E-state index in [-0.39, 0.29) is 70.4 Å². The van der Waals surface area contributed by atoms with Crippen molar-refractivity contribution in [1.29, 1.82) is 0 Å². The van der Waals surface area contributed by atoms with Crippen LogP contribution in [0.3, 0.4) is 0 Å². The molecule has 194 valence electrons. The number of carbonyl (C=O) groups is 2. The van der Waals surface area contributed by atoms with Crippen molar-refractivity contribution in [3.05, 3.63) is 59.7 Å². The van der Waals surface area contributed by atoms with Gasteiger partial charge in [0.25, 0.3) is 10.1 Å². The Kier molecular flexibility index (Phi) is 21.4. The molecule has 0 fully saturated rings. The Morgan fingerprint density at radius 1 is 0.973 bits per heavy atom. The van der Waals surface area contributed by atoms with Gasteiger partial charge in [-0.2, -0.15) is 8.42 Å². The van der Waals surface area contributed by atoms with Gasteiger partial charge in [-0.15, -0.1) is 0 Å². The second-order valence-corrected chi connectivity index (χ2v) is 9.52.